The lowest BCUT2D eigenvalue weighted by molar-refractivity contribution is 0.175. The Kier molecular flexibility index (Phi) is 5.12. The fourth-order valence-electron chi connectivity index (χ4n) is 4.10. The molecule has 1 atom stereocenters. The van der Waals surface area contributed by atoms with Crippen LogP contribution >= 0.6 is 0 Å². The number of hydrogen-bond acceptors (Lipinski definition) is 6. The largest absolute Gasteiger partial charge is 0.507 e. The van der Waals surface area contributed by atoms with E-state index in [9.17, 15) is 5.11 Å². The van der Waals surface area contributed by atoms with Gasteiger partial charge in [0, 0.05) is 42.8 Å². The van der Waals surface area contributed by atoms with Crippen LogP contribution in [0.2, 0.25) is 0 Å². The Labute approximate surface area is 170 Å². The van der Waals surface area contributed by atoms with E-state index in [1.807, 2.05) is 29.9 Å². The summed E-state index contributed by atoms with van der Waals surface area (Å²) in [5, 5.41) is 32.9. The van der Waals surface area contributed by atoms with E-state index in [2.05, 4.69) is 34.3 Å². The first-order chi connectivity index (χ1) is 14.0. The van der Waals surface area contributed by atoms with Crippen LogP contribution in [0.1, 0.15) is 32.3 Å². The summed E-state index contributed by atoms with van der Waals surface area (Å²) in [5.74, 6) is 0.795. The molecule has 0 radical (unpaired) electrons. The van der Waals surface area contributed by atoms with Crippen molar-refractivity contribution in [1.82, 2.24) is 19.7 Å². The summed E-state index contributed by atoms with van der Waals surface area (Å²) in [6.07, 6.45) is 4.25. The van der Waals surface area contributed by atoms with E-state index in [0.717, 1.165) is 42.7 Å². The fourth-order valence-corrected chi connectivity index (χ4v) is 4.10. The summed E-state index contributed by atoms with van der Waals surface area (Å²) in [6, 6.07) is 9.75. The summed E-state index contributed by atoms with van der Waals surface area (Å²) < 4.78 is 2.03. The molecule has 4 rings (SSSR count). The highest BCUT2D eigenvalue weighted by atomic mass is 16.3. The molecule has 0 saturated carbocycles. The summed E-state index contributed by atoms with van der Waals surface area (Å²) in [6.45, 7) is 6.59. The number of piperidine rings is 1. The lowest BCUT2D eigenvalue weighted by Crippen LogP contribution is -2.45. The van der Waals surface area contributed by atoms with Gasteiger partial charge in [0.1, 0.15) is 11.4 Å². The van der Waals surface area contributed by atoms with Gasteiger partial charge in [-0.1, -0.05) is 0 Å². The number of nitrogens with one attached hydrogen (secondary N) is 1. The number of rotatable bonds is 4. The summed E-state index contributed by atoms with van der Waals surface area (Å²) in [4.78, 5) is 2.49. The number of aromatic hydroxyl groups is 1. The molecule has 7 nitrogen and oxygen atoms in total. The van der Waals surface area contributed by atoms with Crippen molar-refractivity contribution in [3.63, 3.8) is 0 Å². The van der Waals surface area contributed by atoms with Crippen LogP contribution in [0.25, 0.3) is 22.2 Å². The smallest absolute Gasteiger partial charge is 0.173 e. The van der Waals surface area contributed by atoms with Gasteiger partial charge in [-0.05, 0) is 57.5 Å². The van der Waals surface area contributed by atoms with Crippen molar-refractivity contribution >= 4 is 16.7 Å². The predicted molar refractivity (Wildman–Crippen MR) is 114 cm³/mol. The number of phenols is 1. The Balaban J connectivity index is 1.71. The third-order valence-electron chi connectivity index (χ3n) is 5.71. The minimum Gasteiger partial charge on any atom is -0.507 e. The molecule has 0 spiro atoms. The normalized spacial score (nSPS) is 17.6. The Morgan fingerprint density at radius 2 is 2.10 bits per heavy atom. The molecule has 0 amide bonds. The molecule has 1 aliphatic rings. The SMILES string of the molecule is CC(C)N1CCC[C@@H](Nc2nnc(-c3ccc(C#N)cc3O)c3ccn(C)c23)C1. The molecular weight excluding hydrogens is 364 g/mol. The second-order valence-electron chi connectivity index (χ2n) is 8.00. The zero-order chi connectivity index (χ0) is 20.5. The van der Waals surface area contributed by atoms with Crippen LogP contribution in [-0.2, 0) is 7.05 Å². The van der Waals surface area contributed by atoms with E-state index >= 15 is 0 Å². The van der Waals surface area contributed by atoms with Crippen molar-refractivity contribution in [1.29, 1.82) is 5.26 Å². The standard InChI is InChI=1S/C22H26N6O/c1-14(2)28-9-4-5-16(13-28)24-22-21-18(8-10-27(21)3)20(25-26-22)17-7-6-15(12-23)11-19(17)29/h6-8,10-11,14,16,29H,4-5,9,13H2,1-3H3,(H,24,26)/t16-/m1/s1. The summed E-state index contributed by atoms with van der Waals surface area (Å²) in [5.41, 5.74) is 2.55. The van der Waals surface area contributed by atoms with Crippen LogP contribution in [0.15, 0.2) is 30.5 Å². The number of nitrogens with zero attached hydrogens (tertiary/aromatic N) is 5. The number of hydrogen-bond donors (Lipinski definition) is 2. The molecule has 2 N–H and O–H groups in total. The first-order valence-electron chi connectivity index (χ1n) is 10.0. The van der Waals surface area contributed by atoms with Crippen molar-refractivity contribution in [3.8, 4) is 23.1 Å². The van der Waals surface area contributed by atoms with Crippen LogP contribution in [0.5, 0.6) is 5.75 Å². The quantitative estimate of drug-likeness (QED) is 0.709. The second kappa shape index (κ2) is 7.72. The highest BCUT2D eigenvalue weighted by molar-refractivity contribution is 5.99. The van der Waals surface area contributed by atoms with E-state index < -0.39 is 0 Å². The number of benzene rings is 1. The van der Waals surface area contributed by atoms with E-state index in [1.165, 1.54) is 6.07 Å². The fraction of sp³-hybridized carbons (Fsp3) is 0.409. The number of nitriles is 1. The number of phenolic OH excluding ortho intramolecular Hbond substituents is 1. The molecule has 3 heterocycles. The van der Waals surface area contributed by atoms with Crippen LogP contribution in [0.3, 0.4) is 0 Å². The van der Waals surface area contributed by atoms with Gasteiger partial charge in [0.25, 0.3) is 0 Å². The molecule has 1 saturated heterocycles. The Morgan fingerprint density at radius 1 is 1.28 bits per heavy atom. The van der Waals surface area contributed by atoms with Gasteiger partial charge in [0.2, 0.25) is 0 Å². The Morgan fingerprint density at radius 3 is 2.83 bits per heavy atom. The molecule has 0 unspecified atom stereocenters. The summed E-state index contributed by atoms with van der Waals surface area (Å²) in [7, 11) is 1.99. The van der Waals surface area contributed by atoms with Gasteiger partial charge in [0.05, 0.1) is 17.1 Å². The number of anilines is 1. The van der Waals surface area contributed by atoms with Crippen molar-refractivity contribution < 1.29 is 5.11 Å². The number of likely N-dealkylation sites (tertiary alicyclic amines) is 1. The molecular formula is C22H26N6O. The highest BCUT2D eigenvalue weighted by Crippen LogP contribution is 2.35. The monoisotopic (exact) mass is 390 g/mol. The second-order valence-corrected chi connectivity index (χ2v) is 8.00. The third kappa shape index (κ3) is 3.64. The maximum absolute atomic E-state index is 10.4. The Bertz CT molecular complexity index is 1080. The maximum Gasteiger partial charge on any atom is 0.173 e. The Hall–Kier alpha value is -3.11. The van der Waals surface area contributed by atoms with Crippen molar-refractivity contribution in [2.45, 2.75) is 38.8 Å². The van der Waals surface area contributed by atoms with Gasteiger partial charge in [-0.3, -0.25) is 4.90 Å². The predicted octanol–water partition coefficient (Wildman–Crippen LogP) is 3.50. The van der Waals surface area contributed by atoms with E-state index in [4.69, 9.17) is 5.26 Å². The molecule has 29 heavy (non-hydrogen) atoms. The van der Waals surface area contributed by atoms with Gasteiger partial charge in [-0.25, -0.2) is 0 Å². The van der Waals surface area contributed by atoms with E-state index in [0.29, 0.717) is 28.9 Å². The first kappa shape index (κ1) is 19.2. The van der Waals surface area contributed by atoms with Crippen LogP contribution in [-0.4, -0.2) is 49.9 Å². The third-order valence-corrected chi connectivity index (χ3v) is 5.71. The van der Waals surface area contributed by atoms with E-state index in [-0.39, 0.29) is 5.75 Å². The average Bonchev–Trinajstić information content (AvgIpc) is 3.11. The topological polar surface area (TPSA) is 90.0 Å². The molecule has 1 aliphatic heterocycles. The molecule has 2 aromatic heterocycles. The minimum absolute atomic E-state index is 0.0315. The maximum atomic E-state index is 10.4. The molecule has 3 aromatic rings. The first-order valence-corrected chi connectivity index (χ1v) is 10.0. The molecule has 1 aromatic carbocycles. The van der Waals surface area contributed by atoms with Crippen molar-refractivity contribution in [3.05, 3.63) is 36.0 Å². The zero-order valence-electron chi connectivity index (χ0n) is 17.1. The molecule has 7 heteroatoms. The van der Waals surface area contributed by atoms with Crippen molar-refractivity contribution in [2.24, 2.45) is 7.05 Å². The molecule has 1 fully saturated rings. The van der Waals surface area contributed by atoms with Crippen LogP contribution < -0.4 is 5.32 Å². The van der Waals surface area contributed by atoms with Gasteiger partial charge in [-0.2, -0.15) is 5.26 Å². The highest BCUT2D eigenvalue weighted by Gasteiger charge is 2.24. The van der Waals surface area contributed by atoms with Gasteiger partial charge >= 0.3 is 0 Å². The van der Waals surface area contributed by atoms with Crippen LogP contribution in [0.4, 0.5) is 5.82 Å². The van der Waals surface area contributed by atoms with Crippen LogP contribution in [0, 0.1) is 11.3 Å². The average molecular weight is 390 g/mol. The van der Waals surface area contributed by atoms with Crippen molar-refractivity contribution in [2.75, 3.05) is 18.4 Å². The minimum atomic E-state index is 0.0315. The van der Waals surface area contributed by atoms with Gasteiger partial charge in [0.15, 0.2) is 5.82 Å². The lowest BCUT2D eigenvalue weighted by atomic mass is 10.0. The van der Waals surface area contributed by atoms with E-state index in [1.54, 1.807) is 12.1 Å². The molecule has 0 aliphatic carbocycles. The zero-order valence-corrected chi connectivity index (χ0v) is 17.1. The lowest BCUT2D eigenvalue weighted by Gasteiger charge is -2.36. The molecule has 150 valence electrons. The number of aromatic nitrogens is 3. The number of fused-ring (bicyclic) bond motifs is 1. The van der Waals surface area contributed by atoms with Gasteiger partial charge in [-0.15, -0.1) is 10.2 Å². The number of aryl methyl sites for hydroxylation is 1. The molecule has 0 bridgehead atoms. The van der Waals surface area contributed by atoms with Gasteiger partial charge < -0.3 is 15.0 Å². The summed E-state index contributed by atoms with van der Waals surface area (Å²) >= 11 is 0.